The van der Waals surface area contributed by atoms with Crippen LogP contribution in [0.4, 0.5) is 0 Å². The van der Waals surface area contributed by atoms with Crippen LogP contribution in [-0.4, -0.2) is 46.8 Å². The molecular weight excluding hydrogens is 288 g/mol. The van der Waals surface area contributed by atoms with Crippen LogP contribution < -0.4 is 5.32 Å². The number of rotatable bonds is 6. The van der Waals surface area contributed by atoms with Crippen molar-refractivity contribution in [1.82, 2.24) is 20.0 Å². The SMILES string of the molecule is CCCc1cc(C(=O)NCC2(N(C)C)CCCCCC2)n(C)n1. The van der Waals surface area contributed by atoms with Crippen molar-refractivity contribution in [1.29, 1.82) is 0 Å². The molecule has 0 atom stereocenters. The molecule has 0 aliphatic heterocycles. The number of amides is 1. The largest absolute Gasteiger partial charge is 0.349 e. The molecule has 1 aliphatic rings. The fraction of sp³-hybridized carbons (Fsp3) is 0.778. The van der Waals surface area contributed by atoms with Gasteiger partial charge in [0.2, 0.25) is 0 Å². The molecule has 1 N–H and O–H groups in total. The summed E-state index contributed by atoms with van der Waals surface area (Å²) in [5.41, 5.74) is 1.75. The van der Waals surface area contributed by atoms with Crippen LogP contribution in [0, 0.1) is 0 Å². The van der Waals surface area contributed by atoms with Crippen LogP contribution >= 0.6 is 0 Å². The smallest absolute Gasteiger partial charge is 0.269 e. The fourth-order valence-corrected chi connectivity index (χ4v) is 3.62. The number of hydrogen-bond acceptors (Lipinski definition) is 3. The predicted octanol–water partition coefficient (Wildman–Crippen LogP) is 2.76. The average molecular weight is 320 g/mol. The third-order valence-electron chi connectivity index (χ3n) is 5.23. The molecule has 1 heterocycles. The zero-order chi connectivity index (χ0) is 16.9. The lowest BCUT2D eigenvalue weighted by molar-refractivity contribution is 0.0860. The number of hydrogen-bond donors (Lipinski definition) is 1. The minimum Gasteiger partial charge on any atom is -0.349 e. The fourth-order valence-electron chi connectivity index (χ4n) is 3.62. The summed E-state index contributed by atoms with van der Waals surface area (Å²) >= 11 is 0. The van der Waals surface area contributed by atoms with Gasteiger partial charge in [-0.15, -0.1) is 0 Å². The van der Waals surface area contributed by atoms with Gasteiger partial charge in [-0.3, -0.25) is 9.48 Å². The Morgan fingerprint density at radius 1 is 1.30 bits per heavy atom. The summed E-state index contributed by atoms with van der Waals surface area (Å²) < 4.78 is 1.70. The first-order valence-electron chi connectivity index (χ1n) is 8.97. The summed E-state index contributed by atoms with van der Waals surface area (Å²) in [6, 6.07) is 1.92. The molecule has 1 aromatic heterocycles. The van der Waals surface area contributed by atoms with Crippen LogP contribution in [0.1, 0.15) is 68.1 Å². The normalized spacial score (nSPS) is 18.0. The zero-order valence-electron chi connectivity index (χ0n) is 15.2. The van der Waals surface area contributed by atoms with Crippen molar-refractivity contribution < 1.29 is 4.79 Å². The van der Waals surface area contributed by atoms with Gasteiger partial charge in [0.15, 0.2) is 0 Å². The van der Waals surface area contributed by atoms with E-state index >= 15 is 0 Å². The standard InChI is InChI=1S/C18H32N4O/c1-5-10-15-13-16(22(4)20-15)17(23)19-14-18(21(2)3)11-8-6-7-9-12-18/h13H,5-12,14H2,1-4H3,(H,19,23). The number of likely N-dealkylation sites (N-methyl/N-ethyl adjacent to an activating group) is 1. The second kappa shape index (κ2) is 7.95. The Bertz CT molecular complexity index is 513. The molecule has 0 aromatic carbocycles. The highest BCUT2D eigenvalue weighted by molar-refractivity contribution is 5.92. The van der Waals surface area contributed by atoms with Gasteiger partial charge in [-0.25, -0.2) is 0 Å². The van der Waals surface area contributed by atoms with Gasteiger partial charge >= 0.3 is 0 Å². The minimum absolute atomic E-state index is 0.00664. The van der Waals surface area contributed by atoms with Crippen LogP contribution in [0.15, 0.2) is 6.07 Å². The molecule has 0 bridgehead atoms. The first-order valence-corrected chi connectivity index (χ1v) is 8.97. The predicted molar refractivity (Wildman–Crippen MR) is 93.7 cm³/mol. The number of carbonyl (C=O) groups is 1. The van der Waals surface area contributed by atoms with Crippen molar-refractivity contribution in [2.24, 2.45) is 7.05 Å². The van der Waals surface area contributed by atoms with Gasteiger partial charge in [0.05, 0.1) is 5.69 Å². The van der Waals surface area contributed by atoms with Crippen LogP contribution in [0.3, 0.4) is 0 Å². The summed E-state index contributed by atoms with van der Waals surface area (Å²) in [6.45, 7) is 2.84. The molecule has 0 saturated heterocycles. The molecule has 2 rings (SSSR count). The molecule has 1 saturated carbocycles. The third kappa shape index (κ3) is 4.34. The monoisotopic (exact) mass is 320 g/mol. The summed E-state index contributed by atoms with van der Waals surface area (Å²) in [5, 5.41) is 7.60. The maximum absolute atomic E-state index is 12.6. The molecule has 130 valence electrons. The highest BCUT2D eigenvalue weighted by Crippen LogP contribution is 2.30. The summed E-state index contributed by atoms with van der Waals surface area (Å²) in [4.78, 5) is 14.9. The van der Waals surface area contributed by atoms with Gasteiger partial charge in [-0.05, 0) is 39.4 Å². The molecule has 5 nitrogen and oxygen atoms in total. The minimum atomic E-state index is -0.00664. The van der Waals surface area contributed by atoms with Crippen molar-refractivity contribution in [3.63, 3.8) is 0 Å². The van der Waals surface area contributed by atoms with E-state index < -0.39 is 0 Å². The van der Waals surface area contributed by atoms with Crippen LogP contribution in [0.25, 0.3) is 0 Å². The molecule has 5 heteroatoms. The number of nitrogens with one attached hydrogen (secondary N) is 1. The van der Waals surface area contributed by atoms with E-state index in [2.05, 4.69) is 36.3 Å². The average Bonchev–Trinajstić information content (AvgIpc) is 2.74. The Labute approximate surface area is 140 Å². The van der Waals surface area contributed by atoms with E-state index in [1.807, 2.05) is 13.1 Å². The summed E-state index contributed by atoms with van der Waals surface area (Å²) in [5.74, 6) is -0.00664. The van der Waals surface area contributed by atoms with Crippen molar-refractivity contribution >= 4 is 5.91 Å². The molecule has 1 amide bonds. The zero-order valence-corrected chi connectivity index (χ0v) is 15.2. The van der Waals surface area contributed by atoms with Crippen molar-refractivity contribution in [2.75, 3.05) is 20.6 Å². The van der Waals surface area contributed by atoms with Crippen molar-refractivity contribution in [3.05, 3.63) is 17.5 Å². The lowest BCUT2D eigenvalue weighted by Gasteiger charge is -2.39. The maximum atomic E-state index is 12.6. The van der Waals surface area contributed by atoms with Crippen molar-refractivity contribution in [3.8, 4) is 0 Å². The summed E-state index contributed by atoms with van der Waals surface area (Å²) in [7, 11) is 6.13. The second-order valence-corrected chi connectivity index (χ2v) is 7.11. The van der Waals surface area contributed by atoms with E-state index in [1.54, 1.807) is 4.68 Å². The van der Waals surface area contributed by atoms with Gasteiger partial charge in [-0.1, -0.05) is 39.0 Å². The second-order valence-electron chi connectivity index (χ2n) is 7.11. The Balaban J connectivity index is 2.04. The van der Waals surface area contributed by atoms with Crippen molar-refractivity contribution in [2.45, 2.75) is 63.8 Å². The lowest BCUT2D eigenvalue weighted by atomic mass is 9.88. The Kier molecular flexibility index (Phi) is 6.22. The Morgan fingerprint density at radius 3 is 2.52 bits per heavy atom. The first kappa shape index (κ1) is 18.0. The number of nitrogens with zero attached hydrogens (tertiary/aromatic N) is 3. The Morgan fingerprint density at radius 2 is 1.96 bits per heavy atom. The van der Waals surface area contributed by atoms with Crippen LogP contribution in [-0.2, 0) is 13.5 Å². The number of carbonyl (C=O) groups excluding carboxylic acids is 1. The molecule has 1 aliphatic carbocycles. The molecule has 0 radical (unpaired) electrons. The number of aromatic nitrogens is 2. The molecule has 0 spiro atoms. The van der Waals surface area contributed by atoms with Gasteiger partial charge in [0.25, 0.3) is 5.91 Å². The first-order chi connectivity index (χ1) is 11.0. The maximum Gasteiger partial charge on any atom is 0.269 e. The van der Waals surface area contributed by atoms with E-state index in [-0.39, 0.29) is 11.4 Å². The highest BCUT2D eigenvalue weighted by Gasteiger charge is 2.33. The van der Waals surface area contributed by atoms with E-state index in [0.717, 1.165) is 31.4 Å². The van der Waals surface area contributed by atoms with Gasteiger partial charge in [0, 0.05) is 19.1 Å². The van der Waals surface area contributed by atoms with Crippen LogP contribution in [0.2, 0.25) is 0 Å². The molecule has 23 heavy (non-hydrogen) atoms. The highest BCUT2D eigenvalue weighted by atomic mass is 16.2. The van der Waals surface area contributed by atoms with E-state index in [4.69, 9.17) is 0 Å². The molecular formula is C18H32N4O. The van der Waals surface area contributed by atoms with Gasteiger partial charge in [-0.2, -0.15) is 5.10 Å². The Hall–Kier alpha value is -1.36. The van der Waals surface area contributed by atoms with Gasteiger partial charge < -0.3 is 10.2 Å². The number of aryl methyl sites for hydroxylation is 2. The van der Waals surface area contributed by atoms with Gasteiger partial charge in [0.1, 0.15) is 5.69 Å². The van der Waals surface area contributed by atoms with E-state index in [1.165, 1.54) is 25.7 Å². The molecule has 1 aromatic rings. The van der Waals surface area contributed by atoms with Crippen LogP contribution in [0.5, 0.6) is 0 Å². The lowest BCUT2D eigenvalue weighted by Crippen LogP contribution is -2.52. The topological polar surface area (TPSA) is 50.2 Å². The van der Waals surface area contributed by atoms with E-state index in [9.17, 15) is 4.79 Å². The van der Waals surface area contributed by atoms with E-state index in [0.29, 0.717) is 12.2 Å². The molecule has 1 fully saturated rings. The quantitative estimate of drug-likeness (QED) is 0.820. The summed E-state index contributed by atoms with van der Waals surface area (Å²) in [6.07, 6.45) is 9.40. The third-order valence-corrected chi connectivity index (χ3v) is 5.23. The molecule has 0 unspecified atom stereocenters.